The molecule has 2 aromatic heterocycles. The van der Waals surface area contributed by atoms with E-state index in [1.807, 2.05) is 0 Å². The van der Waals surface area contributed by atoms with Crippen molar-refractivity contribution < 1.29 is 14.3 Å². The normalized spacial score (nSPS) is 10.4. The van der Waals surface area contributed by atoms with E-state index < -0.39 is 5.97 Å². The lowest BCUT2D eigenvalue weighted by atomic mass is 10.3. The first kappa shape index (κ1) is 11.1. The van der Waals surface area contributed by atoms with E-state index >= 15 is 0 Å². The molecule has 0 saturated heterocycles. The smallest absolute Gasteiger partial charge is 0.338 e. The molecule has 0 saturated carbocycles. The summed E-state index contributed by atoms with van der Waals surface area (Å²) in [4.78, 5) is 26.2. The van der Waals surface area contributed by atoms with Crippen molar-refractivity contribution in [3.63, 3.8) is 0 Å². The average Bonchev–Trinajstić information content (AvgIpc) is 2.71. The van der Waals surface area contributed by atoms with E-state index in [4.69, 9.17) is 9.52 Å². The molecule has 0 amide bonds. The number of rotatable bonds is 3. The van der Waals surface area contributed by atoms with Crippen LogP contribution in [-0.4, -0.2) is 20.6 Å². The molecular weight excluding hydrogens is 224 g/mol. The van der Waals surface area contributed by atoms with Crippen LogP contribution in [0.1, 0.15) is 21.8 Å². The van der Waals surface area contributed by atoms with Gasteiger partial charge in [0.05, 0.1) is 18.4 Å². The predicted molar refractivity (Wildman–Crippen MR) is 58.0 cm³/mol. The van der Waals surface area contributed by atoms with Crippen molar-refractivity contribution in [1.82, 2.24) is 9.55 Å². The summed E-state index contributed by atoms with van der Waals surface area (Å²) in [7, 11) is 0. The van der Waals surface area contributed by atoms with Crippen LogP contribution in [-0.2, 0) is 6.54 Å². The lowest BCUT2D eigenvalue weighted by Crippen LogP contribution is -2.20. The molecule has 0 aromatic carbocycles. The van der Waals surface area contributed by atoms with Crippen LogP contribution in [0.2, 0.25) is 0 Å². The minimum Gasteiger partial charge on any atom is -0.478 e. The van der Waals surface area contributed by atoms with Crippen LogP contribution >= 0.6 is 0 Å². The summed E-state index contributed by atoms with van der Waals surface area (Å²) in [5.41, 5.74) is 0.496. The number of aromatic nitrogens is 2. The maximum absolute atomic E-state index is 11.6. The molecule has 0 aliphatic heterocycles. The summed E-state index contributed by atoms with van der Waals surface area (Å²) in [5.74, 6) is -0.662. The number of furan rings is 1. The van der Waals surface area contributed by atoms with Crippen molar-refractivity contribution in [2.45, 2.75) is 13.5 Å². The third-order valence-corrected chi connectivity index (χ3v) is 2.24. The summed E-state index contributed by atoms with van der Waals surface area (Å²) in [6.07, 6.45) is 2.55. The standard InChI is InChI=1S/C11H10N2O4/c1-7-2-10(14)13(6-12-7)4-9-3-8(5-17-9)11(15)16/h2-3,5-6H,4H2,1H3,(H,15,16). The highest BCUT2D eigenvalue weighted by Crippen LogP contribution is 2.08. The molecule has 17 heavy (non-hydrogen) atoms. The number of nitrogens with zero attached hydrogens (tertiary/aromatic N) is 2. The van der Waals surface area contributed by atoms with Gasteiger partial charge >= 0.3 is 5.97 Å². The van der Waals surface area contributed by atoms with Crippen molar-refractivity contribution in [1.29, 1.82) is 0 Å². The van der Waals surface area contributed by atoms with Crippen molar-refractivity contribution in [2.75, 3.05) is 0 Å². The maximum atomic E-state index is 11.6. The highest BCUT2D eigenvalue weighted by atomic mass is 16.4. The minimum absolute atomic E-state index is 0.0631. The fraction of sp³-hybridized carbons (Fsp3) is 0.182. The number of carboxylic acids is 1. The number of carbonyl (C=O) groups is 1. The largest absolute Gasteiger partial charge is 0.478 e. The van der Waals surface area contributed by atoms with Gasteiger partial charge in [-0.1, -0.05) is 0 Å². The lowest BCUT2D eigenvalue weighted by Gasteiger charge is -2.01. The van der Waals surface area contributed by atoms with Gasteiger partial charge in [0.1, 0.15) is 12.0 Å². The third-order valence-electron chi connectivity index (χ3n) is 2.24. The topological polar surface area (TPSA) is 85.3 Å². The molecule has 0 atom stereocenters. The summed E-state index contributed by atoms with van der Waals surface area (Å²) >= 11 is 0. The second-order valence-corrected chi connectivity index (χ2v) is 3.60. The van der Waals surface area contributed by atoms with Crippen molar-refractivity contribution in [3.8, 4) is 0 Å². The van der Waals surface area contributed by atoms with Crippen molar-refractivity contribution >= 4 is 5.97 Å². The van der Waals surface area contributed by atoms with Crippen LogP contribution < -0.4 is 5.56 Å². The maximum Gasteiger partial charge on any atom is 0.338 e. The quantitative estimate of drug-likeness (QED) is 0.852. The first-order valence-corrected chi connectivity index (χ1v) is 4.90. The van der Waals surface area contributed by atoms with E-state index in [9.17, 15) is 9.59 Å². The molecule has 0 unspecified atom stereocenters. The van der Waals surface area contributed by atoms with Gasteiger partial charge in [0.25, 0.3) is 5.56 Å². The second-order valence-electron chi connectivity index (χ2n) is 3.60. The van der Waals surface area contributed by atoms with Gasteiger partial charge in [0.2, 0.25) is 0 Å². The number of hydrogen-bond donors (Lipinski definition) is 1. The summed E-state index contributed by atoms with van der Waals surface area (Å²) in [6.45, 7) is 1.89. The molecule has 0 bridgehead atoms. The van der Waals surface area contributed by atoms with Gasteiger partial charge < -0.3 is 9.52 Å². The van der Waals surface area contributed by atoms with E-state index in [2.05, 4.69) is 4.98 Å². The Balaban J connectivity index is 2.25. The fourth-order valence-corrected chi connectivity index (χ4v) is 1.38. The molecule has 6 nitrogen and oxygen atoms in total. The molecule has 0 radical (unpaired) electrons. The molecule has 2 aromatic rings. The highest BCUT2D eigenvalue weighted by Gasteiger charge is 2.09. The Hall–Kier alpha value is -2.37. The van der Waals surface area contributed by atoms with Gasteiger partial charge in [0, 0.05) is 11.8 Å². The van der Waals surface area contributed by atoms with Crippen LogP contribution in [0.5, 0.6) is 0 Å². The molecular formula is C11H10N2O4. The zero-order chi connectivity index (χ0) is 12.4. The minimum atomic E-state index is -1.06. The van der Waals surface area contributed by atoms with Gasteiger partial charge in [-0.3, -0.25) is 9.36 Å². The van der Waals surface area contributed by atoms with Gasteiger partial charge in [0.15, 0.2) is 0 Å². The molecule has 2 rings (SSSR count). The van der Waals surface area contributed by atoms with Gasteiger partial charge in [-0.15, -0.1) is 0 Å². The summed E-state index contributed by atoms with van der Waals surface area (Å²) in [5, 5.41) is 8.71. The molecule has 0 aliphatic carbocycles. The first-order valence-electron chi connectivity index (χ1n) is 4.90. The summed E-state index contributed by atoms with van der Waals surface area (Å²) < 4.78 is 6.39. The molecule has 6 heteroatoms. The zero-order valence-corrected chi connectivity index (χ0v) is 9.08. The van der Waals surface area contributed by atoms with Crippen LogP contribution in [0.15, 0.2) is 33.9 Å². The van der Waals surface area contributed by atoms with Crippen LogP contribution in [0.4, 0.5) is 0 Å². The Labute approximate surface area is 96.1 Å². The van der Waals surface area contributed by atoms with Crippen molar-refractivity contribution in [3.05, 3.63) is 52.1 Å². The molecule has 1 N–H and O–H groups in total. The number of aryl methyl sites for hydroxylation is 1. The van der Waals surface area contributed by atoms with Gasteiger partial charge in [-0.25, -0.2) is 9.78 Å². The molecule has 0 fully saturated rings. The number of hydrogen-bond acceptors (Lipinski definition) is 4. The fourth-order valence-electron chi connectivity index (χ4n) is 1.38. The van der Waals surface area contributed by atoms with Crippen LogP contribution in [0.3, 0.4) is 0 Å². The van der Waals surface area contributed by atoms with E-state index in [1.54, 1.807) is 6.92 Å². The number of aromatic carboxylic acids is 1. The zero-order valence-electron chi connectivity index (χ0n) is 9.08. The Bertz CT molecular complexity index is 612. The Morgan fingerprint density at radius 2 is 2.29 bits per heavy atom. The Kier molecular flexibility index (Phi) is 2.78. The molecule has 88 valence electrons. The molecule has 2 heterocycles. The molecule has 0 spiro atoms. The Morgan fingerprint density at radius 3 is 2.88 bits per heavy atom. The van der Waals surface area contributed by atoms with Gasteiger partial charge in [-0.2, -0.15) is 0 Å². The average molecular weight is 234 g/mol. The van der Waals surface area contributed by atoms with E-state index in [-0.39, 0.29) is 17.7 Å². The lowest BCUT2D eigenvalue weighted by molar-refractivity contribution is 0.0696. The molecule has 0 aliphatic rings. The number of carboxylic acid groups (broad SMARTS) is 1. The highest BCUT2D eigenvalue weighted by molar-refractivity contribution is 5.87. The SMILES string of the molecule is Cc1cc(=O)n(Cc2cc(C(=O)O)co2)cn1. The van der Waals surface area contributed by atoms with E-state index in [0.717, 1.165) is 6.26 Å². The van der Waals surface area contributed by atoms with Crippen molar-refractivity contribution in [2.24, 2.45) is 0 Å². The predicted octanol–water partition coefficient (Wildman–Crippen LogP) is 0.891. The van der Waals surface area contributed by atoms with E-state index in [1.165, 1.54) is 23.0 Å². The summed E-state index contributed by atoms with van der Waals surface area (Å²) in [6, 6.07) is 2.79. The first-order chi connectivity index (χ1) is 8.06. The van der Waals surface area contributed by atoms with Crippen LogP contribution in [0, 0.1) is 6.92 Å². The van der Waals surface area contributed by atoms with E-state index in [0.29, 0.717) is 11.5 Å². The Morgan fingerprint density at radius 1 is 1.53 bits per heavy atom. The monoisotopic (exact) mass is 234 g/mol. The van der Waals surface area contributed by atoms with Gasteiger partial charge in [-0.05, 0) is 13.0 Å². The third kappa shape index (κ3) is 2.41. The van der Waals surface area contributed by atoms with Crippen LogP contribution in [0.25, 0.3) is 0 Å². The second kappa shape index (κ2) is 4.25.